The first-order valence-corrected chi connectivity index (χ1v) is 6.83. The van der Waals surface area contributed by atoms with Crippen molar-refractivity contribution < 1.29 is 19.4 Å². The highest BCUT2D eigenvalue weighted by Crippen LogP contribution is 2.24. The number of hydrogen-bond donors (Lipinski definition) is 1. The van der Waals surface area contributed by atoms with Crippen LogP contribution in [-0.2, 0) is 14.3 Å². The largest absolute Gasteiger partial charge is 0.481 e. The van der Waals surface area contributed by atoms with Crippen LogP contribution in [0.1, 0.15) is 53.4 Å². The average Bonchev–Trinajstić information content (AvgIpc) is 2.30. The van der Waals surface area contributed by atoms with Crippen molar-refractivity contribution in [2.45, 2.75) is 53.4 Å². The highest BCUT2D eigenvalue weighted by atomic mass is 16.5. The molecule has 4 nitrogen and oxygen atoms in total. The lowest BCUT2D eigenvalue weighted by atomic mass is 9.85. The summed E-state index contributed by atoms with van der Waals surface area (Å²) in [7, 11) is 0. The van der Waals surface area contributed by atoms with Crippen molar-refractivity contribution in [3.63, 3.8) is 0 Å². The fourth-order valence-electron chi connectivity index (χ4n) is 1.96. The Hall–Kier alpha value is -1.06. The molecule has 0 heterocycles. The number of esters is 1. The van der Waals surface area contributed by atoms with Crippen molar-refractivity contribution in [3.8, 4) is 0 Å². The lowest BCUT2D eigenvalue weighted by molar-refractivity contribution is -0.159. The van der Waals surface area contributed by atoms with E-state index in [1.807, 2.05) is 27.7 Å². The first kappa shape index (κ1) is 16.9. The Morgan fingerprint density at radius 3 is 1.94 bits per heavy atom. The monoisotopic (exact) mass is 258 g/mol. The van der Waals surface area contributed by atoms with E-state index in [1.165, 1.54) is 0 Å². The zero-order chi connectivity index (χ0) is 14.1. The van der Waals surface area contributed by atoms with Crippen LogP contribution in [-0.4, -0.2) is 23.7 Å². The maximum atomic E-state index is 12.0. The van der Waals surface area contributed by atoms with Crippen LogP contribution in [0.3, 0.4) is 0 Å². The van der Waals surface area contributed by atoms with Gasteiger partial charge in [-0.15, -0.1) is 0 Å². The second-order valence-electron chi connectivity index (χ2n) is 5.15. The zero-order valence-corrected chi connectivity index (χ0v) is 11.9. The SMILES string of the molecule is CCCC(C(=O)O)C(CCC)C(=O)OCC(C)C. The second kappa shape index (κ2) is 8.95. The minimum Gasteiger partial charge on any atom is -0.481 e. The molecule has 0 amide bonds. The Labute approximate surface area is 110 Å². The molecule has 0 bridgehead atoms. The molecule has 1 N–H and O–H groups in total. The second-order valence-corrected chi connectivity index (χ2v) is 5.15. The Morgan fingerprint density at radius 1 is 1.06 bits per heavy atom. The van der Waals surface area contributed by atoms with Gasteiger partial charge in [0.1, 0.15) is 0 Å². The average molecular weight is 258 g/mol. The molecule has 2 unspecified atom stereocenters. The van der Waals surface area contributed by atoms with E-state index < -0.39 is 17.8 Å². The molecular formula is C14H26O4. The van der Waals surface area contributed by atoms with Gasteiger partial charge in [-0.05, 0) is 18.8 Å². The summed E-state index contributed by atoms with van der Waals surface area (Å²) in [5.74, 6) is -2.10. The predicted octanol–water partition coefficient (Wildman–Crippen LogP) is 3.10. The van der Waals surface area contributed by atoms with E-state index >= 15 is 0 Å². The molecule has 0 spiro atoms. The molecule has 0 saturated carbocycles. The highest BCUT2D eigenvalue weighted by molar-refractivity contribution is 5.81. The molecule has 4 heteroatoms. The number of hydrogen-bond acceptors (Lipinski definition) is 3. The van der Waals surface area contributed by atoms with Gasteiger partial charge in [-0.25, -0.2) is 0 Å². The number of carbonyl (C=O) groups excluding carboxylic acids is 1. The molecule has 0 rings (SSSR count). The molecule has 106 valence electrons. The van der Waals surface area contributed by atoms with Gasteiger partial charge >= 0.3 is 11.9 Å². The number of carboxylic acids is 1. The molecule has 18 heavy (non-hydrogen) atoms. The number of ether oxygens (including phenoxy) is 1. The van der Waals surface area contributed by atoms with Crippen LogP contribution < -0.4 is 0 Å². The molecule has 0 aromatic rings. The quantitative estimate of drug-likeness (QED) is 0.645. The topological polar surface area (TPSA) is 63.6 Å². The summed E-state index contributed by atoms with van der Waals surface area (Å²) in [6.07, 6.45) is 2.65. The molecular weight excluding hydrogens is 232 g/mol. The van der Waals surface area contributed by atoms with E-state index in [0.717, 1.165) is 12.8 Å². The van der Waals surface area contributed by atoms with Crippen molar-refractivity contribution in [2.75, 3.05) is 6.61 Å². The van der Waals surface area contributed by atoms with Gasteiger partial charge < -0.3 is 9.84 Å². The summed E-state index contributed by atoms with van der Waals surface area (Å²) >= 11 is 0. The van der Waals surface area contributed by atoms with Crippen LogP contribution >= 0.6 is 0 Å². The molecule has 0 aromatic carbocycles. The van der Waals surface area contributed by atoms with Crippen LogP contribution in [0, 0.1) is 17.8 Å². The molecule has 0 aliphatic heterocycles. The Morgan fingerprint density at radius 2 is 1.56 bits per heavy atom. The number of carbonyl (C=O) groups is 2. The number of carboxylic acid groups (broad SMARTS) is 1. The lowest BCUT2D eigenvalue weighted by Gasteiger charge is -2.22. The lowest BCUT2D eigenvalue weighted by Crippen LogP contribution is -2.32. The van der Waals surface area contributed by atoms with Crippen molar-refractivity contribution in [1.29, 1.82) is 0 Å². The van der Waals surface area contributed by atoms with Gasteiger partial charge in [-0.1, -0.05) is 40.5 Å². The third kappa shape index (κ3) is 6.03. The predicted molar refractivity (Wildman–Crippen MR) is 70.2 cm³/mol. The fourth-order valence-corrected chi connectivity index (χ4v) is 1.96. The Bertz CT molecular complexity index is 261. The van der Waals surface area contributed by atoms with Gasteiger partial charge in [0.25, 0.3) is 0 Å². The standard InChI is InChI=1S/C14H26O4/c1-5-7-11(13(15)16)12(8-6-2)14(17)18-9-10(3)4/h10-12H,5-9H2,1-4H3,(H,15,16). The van der Waals surface area contributed by atoms with E-state index in [1.54, 1.807) is 0 Å². The van der Waals surface area contributed by atoms with Gasteiger partial charge in [0.05, 0.1) is 18.4 Å². The summed E-state index contributed by atoms with van der Waals surface area (Å²) in [6, 6.07) is 0. The van der Waals surface area contributed by atoms with Crippen LogP contribution in [0.5, 0.6) is 0 Å². The van der Waals surface area contributed by atoms with E-state index in [0.29, 0.717) is 19.4 Å². The maximum absolute atomic E-state index is 12.0. The molecule has 0 aliphatic carbocycles. The molecule has 0 radical (unpaired) electrons. The third-order valence-corrected chi connectivity index (χ3v) is 2.86. The van der Waals surface area contributed by atoms with E-state index in [-0.39, 0.29) is 11.9 Å². The van der Waals surface area contributed by atoms with Gasteiger partial charge in [0, 0.05) is 0 Å². The summed E-state index contributed by atoms with van der Waals surface area (Å²) in [4.78, 5) is 23.2. The molecule has 0 fully saturated rings. The summed E-state index contributed by atoms with van der Waals surface area (Å²) in [5, 5.41) is 9.22. The van der Waals surface area contributed by atoms with E-state index in [4.69, 9.17) is 4.74 Å². The van der Waals surface area contributed by atoms with Crippen molar-refractivity contribution in [1.82, 2.24) is 0 Å². The normalized spacial score (nSPS) is 14.3. The van der Waals surface area contributed by atoms with E-state index in [9.17, 15) is 14.7 Å². The molecule has 0 aliphatic rings. The minimum absolute atomic E-state index is 0.269. The Kier molecular flexibility index (Phi) is 8.42. The van der Waals surface area contributed by atoms with Crippen LogP contribution in [0.4, 0.5) is 0 Å². The van der Waals surface area contributed by atoms with Crippen LogP contribution in [0.15, 0.2) is 0 Å². The van der Waals surface area contributed by atoms with Gasteiger partial charge in [-0.3, -0.25) is 9.59 Å². The van der Waals surface area contributed by atoms with Gasteiger partial charge in [-0.2, -0.15) is 0 Å². The highest BCUT2D eigenvalue weighted by Gasteiger charge is 2.33. The van der Waals surface area contributed by atoms with Crippen molar-refractivity contribution in [3.05, 3.63) is 0 Å². The number of aliphatic carboxylic acids is 1. The third-order valence-electron chi connectivity index (χ3n) is 2.86. The summed E-state index contributed by atoms with van der Waals surface area (Å²) in [6.45, 7) is 8.16. The van der Waals surface area contributed by atoms with E-state index in [2.05, 4.69) is 0 Å². The molecule has 2 atom stereocenters. The van der Waals surface area contributed by atoms with Crippen molar-refractivity contribution >= 4 is 11.9 Å². The van der Waals surface area contributed by atoms with Crippen molar-refractivity contribution in [2.24, 2.45) is 17.8 Å². The number of rotatable bonds is 9. The molecule has 0 saturated heterocycles. The van der Waals surface area contributed by atoms with Crippen LogP contribution in [0.2, 0.25) is 0 Å². The fraction of sp³-hybridized carbons (Fsp3) is 0.857. The van der Waals surface area contributed by atoms with Crippen LogP contribution in [0.25, 0.3) is 0 Å². The summed E-state index contributed by atoms with van der Waals surface area (Å²) < 4.78 is 5.19. The molecule has 0 aromatic heterocycles. The first-order chi connectivity index (χ1) is 8.43. The summed E-state index contributed by atoms with van der Waals surface area (Å²) in [5.41, 5.74) is 0. The smallest absolute Gasteiger partial charge is 0.309 e. The zero-order valence-electron chi connectivity index (χ0n) is 11.9. The Balaban J connectivity index is 4.68. The first-order valence-electron chi connectivity index (χ1n) is 6.83. The van der Waals surface area contributed by atoms with Gasteiger partial charge in [0.2, 0.25) is 0 Å². The maximum Gasteiger partial charge on any atom is 0.309 e. The minimum atomic E-state index is -0.892. The van der Waals surface area contributed by atoms with Gasteiger partial charge in [0.15, 0.2) is 0 Å².